The molecule has 0 unspecified atom stereocenters. The van der Waals surface area contributed by atoms with Crippen LogP contribution in [-0.4, -0.2) is 6.54 Å². The number of aryl methyl sites for hydroxylation is 1. The lowest BCUT2D eigenvalue weighted by molar-refractivity contribution is 0.597. The maximum atomic E-state index is 13.3. The molecular formula is C12H18FN. The van der Waals surface area contributed by atoms with Gasteiger partial charge >= 0.3 is 0 Å². The van der Waals surface area contributed by atoms with Crippen LogP contribution in [0.5, 0.6) is 0 Å². The van der Waals surface area contributed by atoms with Gasteiger partial charge in [0.25, 0.3) is 0 Å². The summed E-state index contributed by atoms with van der Waals surface area (Å²) in [5, 5.41) is 0. The van der Waals surface area contributed by atoms with E-state index in [9.17, 15) is 4.39 Å². The minimum absolute atomic E-state index is 0.100. The molecule has 14 heavy (non-hydrogen) atoms. The minimum atomic E-state index is -0.100. The van der Waals surface area contributed by atoms with Crippen molar-refractivity contribution in [2.75, 3.05) is 6.54 Å². The van der Waals surface area contributed by atoms with Crippen LogP contribution >= 0.6 is 0 Å². The summed E-state index contributed by atoms with van der Waals surface area (Å²) in [6.07, 6.45) is 1.90. The first kappa shape index (κ1) is 11.2. The van der Waals surface area contributed by atoms with E-state index < -0.39 is 0 Å². The average molecular weight is 195 g/mol. The molecule has 0 fully saturated rings. The molecule has 1 aromatic carbocycles. The Hall–Kier alpha value is -0.890. The van der Waals surface area contributed by atoms with Crippen molar-refractivity contribution in [2.45, 2.75) is 32.6 Å². The van der Waals surface area contributed by atoms with Crippen LogP contribution in [0.3, 0.4) is 0 Å². The molecule has 1 rings (SSSR count). The van der Waals surface area contributed by atoms with Crippen LogP contribution in [0.4, 0.5) is 4.39 Å². The first-order valence-corrected chi connectivity index (χ1v) is 5.13. The Morgan fingerprint density at radius 3 is 2.64 bits per heavy atom. The minimum Gasteiger partial charge on any atom is -0.330 e. The second-order valence-electron chi connectivity index (χ2n) is 3.90. The van der Waals surface area contributed by atoms with Gasteiger partial charge in [-0.15, -0.1) is 0 Å². The highest BCUT2D eigenvalue weighted by molar-refractivity contribution is 5.27. The molecule has 0 bridgehead atoms. The van der Waals surface area contributed by atoms with Gasteiger partial charge in [0.2, 0.25) is 0 Å². The third-order valence-electron chi connectivity index (χ3n) is 2.35. The highest BCUT2D eigenvalue weighted by atomic mass is 19.1. The number of nitrogens with two attached hydrogens (primary N) is 1. The lowest BCUT2D eigenvalue weighted by Gasteiger charge is -2.09. The quantitative estimate of drug-likeness (QED) is 0.785. The number of rotatable bonds is 4. The van der Waals surface area contributed by atoms with Gasteiger partial charge in [-0.05, 0) is 42.5 Å². The van der Waals surface area contributed by atoms with Crippen molar-refractivity contribution in [3.05, 3.63) is 35.1 Å². The standard InChI is InChI=1S/C12H18FN/c1-9(2)11-8-10(4-3-7-14)5-6-12(11)13/h5-6,8-9H,3-4,7,14H2,1-2H3. The summed E-state index contributed by atoms with van der Waals surface area (Å²) in [5.41, 5.74) is 7.42. The molecular weight excluding hydrogens is 177 g/mol. The zero-order valence-corrected chi connectivity index (χ0v) is 8.89. The second kappa shape index (κ2) is 5.11. The van der Waals surface area contributed by atoms with Crippen LogP contribution in [0.1, 0.15) is 37.3 Å². The number of halogens is 1. The van der Waals surface area contributed by atoms with Gasteiger partial charge in [-0.3, -0.25) is 0 Å². The van der Waals surface area contributed by atoms with Crippen LogP contribution in [-0.2, 0) is 6.42 Å². The average Bonchev–Trinajstić information content (AvgIpc) is 2.16. The van der Waals surface area contributed by atoms with E-state index in [4.69, 9.17) is 5.73 Å². The van der Waals surface area contributed by atoms with Crippen molar-refractivity contribution >= 4 is 0 Å². The summed E-state index contributed by atoms with van der Waals surface area (Å²) in [5.74, 6) is 0.143. The second-order valence-corrected chi connectivity index (χ2v) is 3.90. The van der Waals surface area contributed by atoms with Gasteiger partial charge in [-0.1, -0.05) is 26.0 Å². The third kappa shape index (κ3) is 2.81. The van der Waals surface area contributed by atoms with Crippen LogP contribution in [0.15, 0.2) is 18.2 Å². The Balaban J connectivity index is 2.83. The topological polar surface area (TPSA) is 26.0 Å². The van der Waals surface area contributed by atoms with E-state index in [1.165, 1.54) is 5.56 Å². The first-order chi connectivity index (χ1) is 6.65. The van der Waals surface area contributed by atoms with E-state index in [0.717, 1.165) is 18.4 Å². The molecule has 1 nitrogen and oxygen atoms in total. The summed E-state index contributed by atoms with van der Waals surface area (Å²) >= 11 is 0. The molecule has 0 saturated heterocycles. The Labute approximate surface area is 85.1 Å². The molecule has 0 heterocycles. The summed E-state index contributed by atoms with van der Waals surface area (Å²) < 4.78 is 13.3. The van der Waals surface area contributed by atoms with Gasteiger partial charge in [-0.25, -0.2) is 4.39 Å². The monoisotopic (exact) mass is 195 g/mol. The van der Waals surface area contributed by atoms with E-state index in [0.29, 0.717) is 6.54 Å². The zero-order valence-electron chi connectivity index (χ0n) is 8.89. The maximum absolute atomic E-state index is 13.3. The molecule has 78 valence electrons. The van der Waals surface area contributed by atoms with Crippen molar-refractivity contribution in [3.8, 4) is 0 Å². The summed E-state index contributed by atoms with van der Waals surface area (Å²) in [6.45, 7) is 4.70. The van der Waals surface area contributed by atoms with Crippen LogP contribution < -0.4 is 5.73 Å². The molecule has 0 aliphatic carbocycles. The largest absolute Gasteiger partial charge is 0.330 e. The Kier molecular flexibility index (Phi) is 4.08. The maximum Gasteiger partial charge on any atom is 0.126 e. The number of hydrogen-bond donors (Lipinski definition) is 1. The van der Waals surface area contributed by atoms with Crippen LogP contribution in [0, 0.1) is 5.82 Å². The predicted molar refractivity (Wildman–Crippen MR) is 57.9 cm³/mol. The molecule has 0 saturated carbocycles. The fourth-order valence-corrected chi connectivity index (χ4v) is 1.50. The highest BCUT2D eigenvalue weighted by Gasteiger charge is 2.06. The molecule has 0 aliphatic heterocycles. The Bertz CT molecular complexity index is 294. The summed E-state index contributed by atoms with van der Waals surface area (Å²) in [4.78, 5) is 0. The fourth-order valence-electron chi connectivity index (χ4n) is 1.50. The predicted octanol–water partition coefficient (Wildman–Crippen LogP) is 2.84. The smallest absolute Gasteiger partial charge is 0.126 e. The molecule has 0 aromatic heterocycles. The van der Waals surface area contributed by atoms with E-state index in [1.54, 1.807) is 6.07 Å². The van der Waals surface area contributed by atoms with E-state index in [-0.39, 0.29) is 11.7 Å². The molecule has 0 aliphatic rings. The molecule has 0 atom stereocenters. The zero-order chi connectivity index (χ0) is 10.6. The molecule has 2 N–H and O–H groups in total. The van der Waals surface area contributed by atoms with Gasteiger partial charge in [0.1, 0.15) is 5.82 Å². The van der Waals surface area contributed by atoms with Gasteiger partial charge < -0.3 is 5.73 Å². The Morgan fingerprint density at radius 2 is 2.07 bits per heavy atom. The van der Waals surface area contributed by atoms with Crippen molar-refractivity contribution in [2.24, 2.45) is 5.73 Å². The van der Waals surface area contributed by atoms with Crippen molar-refractivity contribution in [1.29, 1.82) is 0 Å². The van der Waals surface area contributed by atoms with Crippen molar-refractivity contribution in [3.63, 3.8) is 0 Å². The van der Waals surface area contributed by atoms with Gasteiger partial charge in [-0.2, -0.15) is 0 Å². The summed E-state index contributed by atoms with van der Waals surface area (Å²) in [6, 6.07) is 5.35. The Morgan fingerprint density at radius 1 is 1.36 bits per heavy atom. The molecule has 0 radical (unpaired) electrons. The lowest BCUT2D eigenvalue weighted by Crippen LogP contribution is -2.01. The SMILES string of the molecule is CC(C)c1cc(CCCN)ccc1F. The van der Waals surface area contributed by atoms with E-state index in [1.807, 2.05) is 26.0 Å². The highest BCUT2D eigenvalue weighted by Crippen LogP contribution is 2.20. The van der Waals surface area contributed by atoms with Gasteiger partial charge in [0.15, 0.2) is 0 Å². The van der Waals surface area contributed by atoms with Crippen molar-refractivity contribution in [1.82, 2.24) is 0 Å². The lowest BCUT2D eigenvalue weighted by atomic mass is 9.98. The first-order valence-electron chi connectivity index (χ1n) is 5.13. The number of hydrogen-bond acceptors (Lipinski definition) is 1. The normalized spacial score (nSPS) is 10.9. The molecule has 1 aromatic rings. The van der Waals surface area contributed by atoms with E-state index >= 15 is 0 Å². The van der Waals surface area contributed by atoms with Gasteiger partial charge in [0.05, 0.1) is 0 Å². The number of benzene rings is 1. The third-order valence-corrected chi connectivity index (χ3v) is 2.35. The van der Waals surface area contributed by atoms with Gasteiger partial charge in [0, 0.05) is 0 Å². The molecule has 2 heteroatoms. The fraction of sp³-hybridized carbons (Fsp3) is 0.500. The summed E-state index contributed by atoms with van der Waals surface area (Å²) in [7, 11) is 0. The molecule has 0 amide bonds. The molecule has 0 spiro atoms. The van der Waals surface area contributed by atoms with E-state index in [2.05, 4.69) is 0 Å². The van der Waals surface area contributed by atoms with Crippen LogP contribution in [0.25, 0.3) is 0 Å². The van der Waals surface area contributed by atoms with Crippen molar-refractivity contribution < 1.29 is 4.39 Å². The van der Waals surface area contributed by atoms with Crippen LogP contribution in [0.2, 0.25) is 0 Å².